The predicted octanol–water partition coefficient (Wildman–Crippen LogP) is 7.57. The van der Waals surface area contributed by atoms with E-state index in [0.29, 0.717) is 0 Å². The van der Waals surface area contributed by atoms with Crippen LogP contribution in [0.1, 0.15) is 103 Å². The fourth-order valence-electron chi connectivity index (χ4n) is 8.90. The van der Waals surface area contributed by atoms with Crippen LogP contribution < -0.4 is 11.1 Å². The molecule has 0 aromatic rings. The monoisotopic (exact) mass is 464 g/mol. The molecule has 0 bridgehead atoms. The minimum atomic E-state index is 0.728. The van der Waals surface area contributed by atoms with Gasteiger partial charge in [-0.2, -0.15) is 0 Å². The van der Waals surface area contributed by atoms with Crippen molar-refractivity contribution in [2.45, 2.75) is 109 Å². The molecule has 5 aliphatic rings. The summed E-state index contributed by atoms with van der Waals surface area (Å²) in [6.45, 7) is 4.39. The van der Waals surface area contributed by atoms with Crippen LogP contribution in [0.5, 0.6) is 0 Å². The van der Waals surface area contributed by atoms with Crippen molar-refractivity contribution in [2.24, 2.45) is 47.2 Å². The molecule has 5 rings (SSSR count). The third kappa shape index (κ3) is 5.75. The molecule has 3 N–H and O–H groups in total. The van der Waals surface area contributed by atoms with Crippen molar-refractivity contribution in [3.05, 3.63) is 35.5 Å². The average molecular weight is 465 g/mol. The van der Waals surface area contributed by atoms with Gasteiger partial charge in [-0.1, -0.05) is 49.6 Å². The highest BCUT2D eigenvalue weighted by molar-refractivity contribution is 5.25. The molecule has 0 radical (unpaired) electrons. The lowest BCUT2D eigenvalue weighted by atomic mass is 9.56. The zero-order valence-corrected chi connectivity index (χ0v) is 22.0. The minimum absolute atomic E-state index is 0.728. The van der Waals surface area contributed by atoms with Gasteiger partial charge >= 0.3 is 0 Å². The van der Waals surface area contributed by atoms with Gasteiger partial charge in [-0.3, -0.25) is 0 Å². The van der Waals surface area contributed by atoms with E-state index in [1.807, 2.05) is 0 Å². The third-order valence-corrected chi connectivity index (χ3v) is 10.7. The van der Waals surface area contributed by atoms with E-state index in [1.165, 1.54) is 96.4 Å². The number of hydrogen-bond acceptors (Lipinski definition) is 2. The van der Waals surface area contributed by atoms with Crippen LogP contribution in [0, 0.1) is 41.4 Å². The molecule has 3 saturated carbocycles. The van der Waals surface area contributed by atoms with E-state index in [4.69, 9.17) is 5.73 Å². The molecule has 0 amide bonds. The molecule has 190 valence electrons. The van der Waals surface area contributed by atoms with Gasteiger partial charge < -0.3 is 11.1 Å². The molecule has 4 aliphatic carbocycles. The van der Waals surface area contributed by atoms with Gasteiger partial charge in [0.15, 0.2) is 0 Å². The number of hydrogen-bond donors (Lipinski definition) is 2. The first-order valence-electron chi connectivity index (χ1n) is 15.3. The lowest BCUT2D eigenvalue weighted by molar-refractivity contribution is 0.00898. The summed E-state index contributed by atoms with van der Waals surface area (Å²) in [4.78, 5) is 0. The minimum Gasteiger partial charge on any atom is -0.330 e. The summed E-state index contributed by atoms with van der Waals surface area (Å²) >= 11 is 0. The molecule has 0 aromatic heterocycles. The molecule has 6 atom stereocenters. The molecular formula is C32H52N2. The Hall–Kier alpha value is -0.860. The summed E-state index contributed by atoms with van der Waals surface area (Å²) in [5.74, 6) is 6.61. The van der Waals surface area contributed by atoms with Crippen LogP contribution in [0.2, 0.25) is 0 Å². The van der Waals surface area contributed by atoms with Gasteiger partial charge in [0.2, 0.25) is 0 Å². The van der Waals surface area contributed by atoms with Gasteiger partial charge in [0.25, 0.3) is 0 Å². The summed E-state index contributed by atoms with van der Waals surface area (Å²) in [7, 11) is 0. The van der Waals surface area contributed by atoms with Crippen LogP contribution in [0.15, 0.2) is 35.5 Å². The zero-order chi connectivity index (χ0) is 23.3. The SMILES string of the molecule is CCC(/C(=C/CC1CCC(C2CCC(C3=CCCC=C3)CC2)C2CCCCC12)CCN)C1CN1. The maximum Gasteiger partial charge on any atom is 0.0258 e. The van der Waals surface area contributed by atoms with Crippen LogP contribution in [-0.4, -0.2) is 19.1 Å². The van der Waals surface area contributed by atoms with Crippen LogP contribution in [0.4, 0.5) is 0 Å². The maximum absolute atomic E-state index is 6.05. The molecule has 1 saturated heterocycles. The highest BCUT2D eigenvalue weighted by atomic mass is 15.1. The normalized spacial score (nSPS) is 39.3. The lowest BCUT2D eigenvalue weighted by Crippen LogP contribution is -2.41. The fourth-order valence-corrected chi connectivity index (χ4v) is 8.90. The van der Waals surface area contributed by atoms with E-state index in [2.05, 4.69) is 36.5 Å². The van der Waals surface area contributed by atoms with E-state index in [-0.39, 0.29) is 0 Å². The van der Waals surface area contributed by atoms with Gasteiger partial charge in [-0.25, -0.2) is 0 Å². The second-order valence-electron chi connectivity index (χ2n) is 12.5. The van der Waals surface area contributed by atoms with E-state index in [1.54, 1.807) is 11.1 Å². The number of rotatable bonds is 9. The molecule has 4 fully saturated rings. The lowest BCUT2D eigenvalue weighted by Gasteiger charge is -2.50. The topological polar surface area (TPSA) is 48.0 Å². The summed E-state index contributed by atoms with van der Waals surface area (Å²) in [5, 5.41) is 3.58. The number of allylic oxidation sites excluding steroid dienone is 5. The van der Waals surface area contributed by atoms with Crippen LogP contribution in [-0.2, 0) is 0 Å². The first-order valence-corrected chi connectivity index (χ1v) is 15.3. The fraction of sp³-hybridized carbons (Fsp3) is 0.812. The molecule has 1 aliphatic heterocycles. The van der Waals surface area contributed by atoms with Crippen molar-refractivity contribution in [2.75, 3.05) is 13.1 Å². The Morgan fingerprint density at radius 1 is 1.00 bits per heavy atom. The first kappa shape index (κ1) is 24.8. The Morgan fingerprint density at radius 2 is 1.79 bits per heavy atom. The smallest absolute Gasteiger partial charge is 0.0258 e. The quantitative estimate of drug-likeness (QED) is 0.273. The Balaban J connectivity index is 1.21. The molecule has 2 nitrogen and oxygen atoms in total. The Morgan fingerprint density at radius 3 is 2.47 bits per heavy atom. The Kier molecular flexibility index (Phi) is 8.70. The molecule has 0 aromatic carbocycles. The molecule has 0 spiro atoms. The van der Waals surface area contributed by atoms with Crippen molar-refractivity contribution in [1.82, 2.24) is 5.32 Å². The van der Waals surface area contributed by atoms with Gasteiger partial charge in [0.05, 0.1) is 0 Å². The van der Waals surface area contributed by atoms with Gasteiger partial charge in [-0.05, 0) is 137 Å². The second kappa shape index (κ2) is 11.9. The summed E-state index contributed by atoms with van der Waals surface area (Å²) in [6.07, 6.45) is 31.3. The summed E-state index contributed by atoms with van der Waals surface area (Å²) < 4.78 is 0. The van der Waals surface area contributed by atoms with E-state index in [0.717, 1.165) is 60.4 Å². The summed E-state index contributed by atoms with van der Waals surface area (Å²) in [5.41, 5.74) is 9.40. The molecule has 2 heteroatoms. The zero-order valence-electron chi connectivity index (χ0n) is 22.0. The third-order valence-electron chi connectivity index (χ3n) is 10.7. The van der Waals surface area contributed by atoms with Crippen molar-refractivity contribution in [3.8, 4) is 0 Å². The summed E-state index contributed by atoms with van der Waals surface area (Å²) in [6, 6.07) is 0.732. The van der Waals surface area contributed by atoms with Crippen molar-refractivity contribution < 1.29 is 0 Å². The maximum atomic E-state index is 6.05. The first-order chi connectivity index (χ1) is 16.8. The van der Waals surface area contributed by atoms with E-state index in [9.17, 15) is 0 Å². The number of fused-ring (bicyclic) bond motifs is 1. The molecule has 1 heterocycles. The van der Waals surface area contributed by atoms with Gasteiger partial charge in [0.1, 0.15) is 0 Å². The average Bonchev–Trinajstić information content (AvgIpc) is 3.73. The highest BCUT2D eigenvalue weighted by Gasteiger charge is 2.43. The number of nitrogens with two attached hydrogens (primary N) is 1. The van der Waals surface area contributed by atoms with Crippen LogP contribution in [0.25, 0.3) is 0 Å². The molecule has 34 heavy (non-hydrogen) atoms. The Bertz CT molecular complexity index is 736. The number of nitrogens with one attached hydrogen (secondary N) is 1. The standard InChI is InChI=1S/C32H52N2/c1-2-28(32-22-34-32)27(20-21-33)17-16-26-18-19-30(31-11-7-6-10-29(26)31)25-14-12-24(13-15-25)23-8-4-3-5-9-23/h4,8-9,17,24-26,28-32,34H,2-3,5-7,10-16,18-22,33H2,1H3/b27-17+. The predicted molar refractivity (Wildman–Crippen MR) is 146 cm³/mol. The molecule has 6 unspecified atom stereocenters. The van der Waals surface area contributed by atoms with Crippen molar-refractivity contribution in [1.29, 1.82) is 0 Å². The highest BCUT2D eigenvalue weighted by Crippen LogP contribution is 2.53. The van der Waals surface area contributed by atoms with Crippen molar-refractivity contribution >= 4 is 0 Å². The van der Waals surface area contributed by atoms with E-state index >= 15 is 0 Å². The Labute approximate surface area is 210 Å². The van der Waals surface area contributed by atoms with Gasteiger partial charge in [0, 0.05) is 12.6 Å². The van der Waals surface area contributed by atoms with E-state index < -0.39 is 0 Å². The van der Waals surface area contributed by atoms with Crippen LogP contribution in [0.3, 0.4) is 0 Å². The van der Waals surface area contributed by atoms with Crippen molar-refractivity contribution in [3.63, 3.8) is 0 Å². The van der Waals surface area contributed by atoms with Gasteiger partial charge in [-0.15, -0.1) is 0 Å². The molecular weight excluding hydrogens is 412 g/mol. The largest absolute Gasteiger partial charge is 0.330 e. The van der Waals surface area contributed by atoms with Crippen LogP contribution >= 0.6 is 0 Å². The second-order valence-corrected chi connectivity index (χ2v) is 12.5.